The van der Waals surface area contributed by atoms with Crippen LogP contribution in [-0.4, -0.2) is 22.1 Å². The van der Waals surface area contributed by atoms with Gasteiger partial charge >= 0.3 is 0 Å². The summed E-state index contributed by atoms with van der Waals surface area (Å²) in [4.78, 5) is 12.1. The highest BCUT2D eigenvalue weighted by molar-refractivity contribution is 6.04. The van der Waals surface area contributed by atoms with E-state index in [4.69, 9.17) is 0 Å². The van der Waals surface area contributed by atoms with Crippen molar-refractivity contribution in [3.05, 3.63) is 30.0 Å². The lowest BCUT2D eigenvalue weighted by atomic mass is 10.1. The topological polar surface area (TPSA) is 57.8 Å². The second-order valence-corrected chi connectivity index (χ2v) is 5.12. The van der Waals surface area contributed by atoms with Crippen molar-refractivity contribution < 1.29 is 4.79 Å². The third kappa shape index (κ3) is 2.70. The molecule has 1 amide bonds. The van der Waals surface area contributed by atoms with Crippen LogP contribution in [-0.2, 0) is 0 Å². The summed E-state index contributed by atoms with van der Waals surface area (Å²) in [6.07, 6.45) is 0.966. The fraction of sp³-hybridized carbons (Fsp3) is 0.429. The van der Waals surface area contributed by atoms with Crippen LogP contribution in [0.3, 0.4) is 0 Å². The molecule has 2 aromatic rings. The third-order valence-electron chi connectivity index (χ3n) is 2.89. The van der Waals surface area contributed by atoms with Gasteiger partial charge in [0.25, 0.3) is 5.91 Å². The first-order valence-corrected chi connectivity index (χ1v) is 6.32. The average molecular weight is 245 g/mol. The zero-order valence-electron chi connectivity index (χ0n) is 11.0. The lowest BCUT2D eigenvalue weighted by Crippen LogP contribution is -2.33. The molecule has 1 atom stereocenters. The number of rotatable bonds is 4. The number of H-pyrrole nitrogens is 1. The molecule has 2 N–H and O–H groups in total. The van der Waals surface area contributed by atoms with Crippen LogP contribution in [0.15, 0.2) is 24.3 Å². The molecule has 0 saturated heterocycles. The van der Waals surface area contributed by atoms with Crippen molar-refractivity contribution in [1.29, 1.82) is 0 Å². The van der Waals surface area contributed by atoms with E-state index in [0.29, 0.717) is 11.6 Å². The number of para-hydroxylation sites is 1. The van der Waals surface area contributed by atoms with Crippen molar-refractivity contribution in [2.75, 3.05) is 0 Å². The molecule has 0 fully saturated rings. The lowest BCUT2D eigenvalue weighted by molar-refractivity contribution is 0.0932. The Morgan fingerprint density at radius 1 is 1.33 bits per heavy atom. The molecule has 96 valence electrons. The van der Waals surface area contributed by atoms with Gasteiger partial charge in [0.15, 0.2) is 5.69 Å². The molecule has 1 aromatic carbocycles. The summed E-state index contributed by atoms with van der Waals surface area (Å²) >= 11 is 0. The highest BCUT2D eigenvalue weighted by atomic mass is 16.2. The van der Waals surface area contributed by atoms with Crippen molar-refractivity contribution in [2.45, 2.75) is 33.2 Å². The minimum Gasteiger partial charge on any atom is -0.348 e. The zero-order valence-corrected chi connectivity index (χ0v) is 11.0. The van der Waals surface area contributed by atoms with Gasteiger partial charge in [-0.05, 0) is 25.3 Å². The van der Waals surface area contributed by atoms with Gasteiger partial charge in [0.2, 0.25) is 0 Å². The van der Waals surface area contributed by atoms with Crippen LogP contribution in [0.5, 0.6) is 0 Å². The molecule has 0 aliphatic rings. The number of benzene rings is 1. The van der Waals surface area contributed by atoms with Crippen LogP contribution in [0.2, 0.25) is 0 Å². The number of amides is 1. The second-order valence-electron chi connectivity index (χ2n) is 5.12. The highest BCUT2D eigenvalue weighted by Gasteiger charge is 2.16. The summed E-state index contributed by atoms with van der Waals surface area (Å²) in [5.41, 5.74) is 1.36. The summed E-state index contributed by atoms with van der Waals surface area (Å²) in [5.74, 6) is 0.455. The summed E-state index contributed by atoms with van der Waals surface area (Å²) in [6, 6.07) is 7.81. The molecular weight excluding hydrogens is 226 g/mol. The Morgan fingerprint density at radius 3 is 2.78 bits per heavy atom. The van der Waals surface area contributed by atoms with Gasteiger partial charge in [0.05, 0.1) is 5.52 Å². The van der Waals surface area contributed by atoms with Gasteiger partial charge < -0.3 is 5.32 Å². The molecule has 1 heterocycles. The van der Waals surface area contributed by atoms with E-state index in [1.807, 2.05) is 31.2 Å². The number of hydrogen-bond acceptors (Lipinski definition) is 2. The predicted molar refractivity (Wildman–Crippen MR) is 72.5 cm³/mol. The first-order chi connectivity index (χ1) is 8.58. The van der Waals surface area contributed by atoms with Gasteiger partial charge in [-0.3, -0.25) is 9.89 Å². The second kappa shape index (κ2) is 5.21. The van der Waals surface area contributed by atoms with Crippen LogP contribution < -0.4 is 5.32 Å². The molecule has 1 unspecified atom stereocenters. The maximum absolute atomic E-state index is 12.1. The molecule has 0 aliphatic heterocycles. The number of nitrogens with one attached hydrogen (secondary N) is 2. The average Bonchev–Trinajstić information content (AvgIpc) is 2.71. The standard InChI is InChI=1S/C14H19N3O/c1-9(2)8-10(3)15-14(18)13-11-6-4-5-7-12(11)16-17-13/h4-7,9-10H,8H2,1-3H3,(H,15,18)(H,16,17). The monoisotopic (exact) mass is 245 g/mol. The Kier molecular flexibility index (Phi) is 3.65. The van der Waals surface area contributed by atoms with Gasteiger partial charge in [0, 0.05) is 11.4 Å². The smallest absolute Gasteiger partial charge is 0.272 e. The van der Waals surface area contributed by atoms with Gasteiger partial charge in [0.1, 0.15) is 0 Å². The highest BCUT2D eigenvalue weighted by Crippen LogP contribution is 2.15. The van der Waals surface area contributed by atoms with E-state index in [2.05, 4.69) is 29.4 Å². The minimum atomic E-state index is -0.111. The molecule has 0 radical (unpaired) electrons. The van der Waals surface area contributed by atoms with Crippen LogP contribution in [0.4, 0.5) is 0 Å². The first kappa shape index (κ1) is 12.6. The molecular formula is C14H19N3O. The zero-order chi connectivity index (χ0) is 13.1. The molecule has 4 heteroatoms. The van der Waals surface area contributed by atoms with Crippen LogP contribution in [0.1, 0.15) is 37.7 Å². The Hall–Kier alpha value is -1.84. The number of aromatic nitrogens is 2. The quantitative estimate of drug-likeness (QED) is 0.870. The number of carbonyl (C=O) groups excluding carboxylic acids is 1. The van der Waals surface area contributed by atoms with Gasteiger partial charge in [-0.25, -0.2) is 0 Å². The minimum absolute atomic E-state index is 0.111. The molecule has 0 saturated carbocycles. The molecule has 0 spiro atoms. The summed E-state index contributed by atoms with van der Waals surface area (Å²) in [7, 11) is 0. The number of carbonyl (C=O) groups is 1. The summed E-state index contributed by atoms with van der Waals surface area (Å²) in [6.45, 7) is 6.31. The lowest BCUT2D eigenvalue weighted by Gasteiger charge is -2.15. The van der Waals surface area contributed by atoms with Crippen molar-refractivity contribution >= 4 is 16.8 Å². The van der Waals surface area contributed by atoms with Gasteiger partial charge in [-0.2, -0.15) is 5.10 Å². The van der Waals surface area contributed by atoms with Crippen molar-refractivity contribution in [3.63, 3.8) is 0 Å². The SMILES string of the molecule is CC(C)CC(C)NC(=O)c1n[nH]c2ccccc12. The van der Waals surface area contributed by atoms with Gasteiger partial charge in [-0.15, -0.1) is 0 Å². The number of fused-ring (bicyclic) bond motifs is 1. The maximum atomic E-state index is 12.1. The summed E-state index contributed by atoms with van der Waals surface area (Å²) in [5, 5.41) is 10.8. The number of aromatic amines is 1. The van der Waals surface area contributed by atoms with Gasteiger partial charge in [-0.1, -0.05) is 32.0 Å². The Morgan fingerprint density at radius 2 is 2.06 bits per heavy atom. The van der Waals surface area contributed by atoms with E-state index in [1.165, 1.54) is 0 Å². The molecule has 2 rings (SSSR count). The van der Waals surface area contributed by atoms with Crippen LogP contribution >= 0.6 is 0 Å². The normalized spacial score (nSPS) is 12.9. The predicted octanol–water partition coefficient (Wildman–Crippen LogP) is 2.73. The molecule has 0 aliphatic carbocycles. The van der Waals surface area contributed by atoms with E-state index in [9.17, 15) is 4.79 Å². The number of nitrogens with zero attached hydrogens (tertiary/aromatic N) is 1. The van der Waals surface area contributed by atoms with E-state index in [1.54, 1.807) is 0 Å². The van der Waals surface area contributed by atoms with E-state index < -0.39 is 0 Å². The fourth-order valence-electron chi connectivity index (χ4n) is 2.19. The van der Waals surface area contributed by atoms with Crippen molar-refractivity contribution in [2.24, 2.45) is 5.92 Å². The number of hydrogen-bond donors (Lipinski definition) is 2. The van der Waals surface area contributed by atoms with E-state index in [0.717, 1.165) is 17.3 Å². The maximum Gasteiger partial charge on any atom is 0.272 e. The van der Waals surface area contributed by atoms with E-state index in [-0.39, 0.29) is 11.9 Å². The van der Waals surface area contributed by atoms with Crippen molar-refractivity contribution in [1.82, 2.24) is 15.5 Å². The van der Waals surface area contributed by atoms with Crippen LogP contribution in [0.25, 0.3) is 10.9 Å². The Bertz CT molecular complexity index is 545. The van der Waals surface area contributed by atoms with E-state index >= 15 is 0 Å². The molecule has 18 heavy (non-hydrogen) atoms. The third-order valence-corrected chi connectivity index (χ3v) is 2.89. The molecule has 4 nitrogen and oxygen atoms in total. The van der Waals surface area contributed by atoms with Crippen molar-refractivity contribution in [3.8, 4) is 0 Å². The largest absolute Gasteiger partial charge is 0.348 e. The fourth-order valence-corrected chi connectivity index (χ4v) is 2.19. The summed E-state index contributed by atoms with van der Waals surface area (Å²) < 4.78 is 0. The van der Waals surface area contributed by atoms with Crippen LogP contribution in [0, 0.1) is 5.92 Å². The molecule has 1 aromatic heterocycles. The Labute approximate surface area is 107 Å². The molecule has 0 bridgehead atoms. The Balaban J connectivity index is 2.14. The first-order valence-electron chi connectivity index (χ1n) is 6.32.